The Morgan fingerprint density at radius 2 is 1.92 bits per heavy atom. The molecule has 0 radical (unpaired) electrons. The Balaban J connectivity index is 1.69. The second-order valence-corrected chi connectivity index (χ2v) is 14.5. The number of ether oxygens (including phenoxy) is 2. The summed E-state index contributed by atoms with van der Waals surface area (Å²) in [5.41, 5.74) is -0.510. The van der Waals surface area contributed by atoms with Crippen LogP contribution in [0.25, 0.3) is 0 Å². The van der Waals surface area contributed by atoms with Crippen molar-refractivity contribution in [3.63, 3.8) is 0 Å². The number of hydrogen-bond donors (Lipinski definition) is 2. The lowest BCUT2D eigenvalue weighted by molar-refractivity contribution is -0.162. The van der Waals surface area contributed by atoms with E-state index in [1.54, 1.807) is 28.9 Å². The number of nitrogens with one attached hydrogen (secondary N) is 1. The van der Waals surface area contributed by atoms with Gasteiger partial charge in [-0.05, 0) is 57.9 Å². The number of likely N-dealkylation sites (tertiary alicyclic amines) is 1. The summed E-state index contributed by atoms with van der Waals surface area (Å²) in [5.74, 6) is -3.14. The number of carbonyl (C=O) groups excluding carboxylic acids is 4. The number of carbonyl (C=O) groups is 4. The minimum Gasteiger partial charge on any atom is -0.455 e. The first-order chi connectivity index (χ1) is 23.1. The highest BCUT2D eigenvalue weighted by atomic mass is 79.9. The van der Waals surface area contributed by atoms with Gasteiger partial charge in [-0.1, -0.05) is 71.8 Å². The molecule has 9 atom stereocenters. The maximum Gasteiger partial charge on any atom is 0.313 e. The molecule has 3 aliphatic rings. The van der Waals surface area contributed by atoms with Gasteiger partial charge in [-0.3, -0.25) is 19.2 Å². The molecule has 3 fully saturated rings. The Hall–Kier alpha value is -3.02. The van der Waals surface area contributed by atoms with Crippen LogP contribution in [-0.4, -0.2) is 93.0 Å². The van der Waals surface area contributed by atoms with Gasteiger partial charge in [-0.2, -0.15) is 0 Å². The zero-order chi connectivity index (χ0) is 35.0. The van der Waals surface area contributed by atoms with E-state index in [2.05, 4.69) is 41.3 Å². The number of esters is 1. The van der Waals surface area contributed by atoms with Crippen LogP contribution in [0.15, 0.2) is 55.6 Å². The molecule has 1 spiro atoms. The van der Waals surface area contributed by atoms with E-state index in [1.165, 1.54) is 0 Å². The smallest absolute Gasteiger partial charge is 0.313 e. The van der Waals surface area contributed by atoms with Crippen molar-refractivity contribution in [2.75, 3.05) is 19.7 Å². The molecule has 3 heterocycles. The molecule has 10 nitrogen and oxygen atoms in total. The van der Waals surface area contributed by atoms with Crippen LogP contribution in [0.4, 0.5) is 0 Å². The van der Waals surface area contributed by atoms with Crippen molar-refractivity contribution in [1.82, 2.24) is 15.1 Å². The monoisotopic (exact) mass is 729 g/mol. The lowest BCUT2D eigenvalue weighted by Gasteiger charge is -2.39. The zero-order valence-corrected chi connectivity index (χ0v) is 30.1. The molecule has 3 aliphatic heterocycles. The van der Waals surface area contributed by atoms with Crippen LogP contribution < -0.4 is 5.32 Å². The number of benzene rings is 1. The van der Waals surface area contributed by atoms with E-state index < -0.39 is 47.7 Å². The first kappa shape index (κ1) is 37.8. The SMILES string of the molecule is C=CCCC(=O)N[C@@H](C)[C@H](OC(=O)[C@H]1[C@@H]2O[C@@]3(CC2Br)[C@@H]1C(=O)N(CCCCCO)[C@@H]3C(=O)N(CC=C)C(C)CCC)c1ccccc1. The van der Waals surface area contributed by atoms with E-state index >= 15 is 0 Å². The minimum absolute atomic E-state index is 0.0458. The number of hydrogen-bond acceptors (Lipinski definition) is 7. The maximum atomic E-state index is 14.6. The summed E-state index contributed by atoms with van der Waals surface area (Å²) in [4.78, 5) is 59.3. The average molecular weight is 731 g/mol. The number of aliphatic hydroxyl groups is 1. The third kappa shape index (κ3) is 7.73. The number of unbranched alkanes of at least 4 members (excludes halogenated alkanes) is 2. The van der Waals surface area contributed by atoms with Crippen molar-refractivity contribution in [2.45, 2.75) is 113 Å². The van der Waals surface area contributed by atoms with Crippen molar-refractivity contribution in [1.29, 1.82) is 0 Å². The van der Waals surface area contributed by atoms with Crippen LogP contribution in [0.1, 0.15) is 83.8 Å². The number of amides is 3. The summed E-state index contributed by atoms with van der Waals surface area (Å²) in [6.07, 6.45) is 6.59. The van der Waals surface area contributed by atoms with Crippen LogP contribution in [-0.2, 0) is 28.7 Å². The van der Waals surface area contributed by atoms with Crippen molar-refractivity contribution < 1.29 is 33.8 Å². The van der Waals surface area contributed by atoms with Crippen molar-refractivity contribution in [2.24, 2.45) is 11.8 Å². The summed E-state index contributed by atoms with van der Waals surface area (Å²) < 4.78 is 13.0. The lowest BCUT2D eigenvalue weighted by atomic mass is 9.70. The number of nitrogens with zero attached hydrogens (tertiary/aromatic N) is 2. The van der Waals surface area contributed by atoms with Crippen LogP contribution in [0, 0.1) is 11.8 Å². The Bertz CT molecular complexity index is 1310. The normalized spacial score (nSPS) is 27.6. The fraction of sp³-hybridized carbons (Fsp3) is 0.622. The van der Waals surface area contributed by atoms with E-state index in [0.717, 1.165) is 12.8 Å². The standard InChI is InChI=1S/C37H52BrN3O7/c1-6-9-19-28(43)39-25(5)31(26-17-12-10-13-18-26)47-36(46)29-30-34(44)41(21-14-11-15-22-42)33(37(30)23-27(38)32(29)48-37)35(45)40(20-8-3)24(4)16-7-2/h6,8,10,12-13,17-18,24-25,27,29-33,42H,1,3,7,9,11,14-16,19-23H2,2,4-5H3,(H,39,43)/t24?,25-,27?,29+,30-,31-,32+,33+,37-/m0/s1. The summed E-state index contributed by atoms with van der Waals surface area (Å²) in [6.45, 7) is 14.1. The van der Waals surface area contributed by atoms with Crippen LogP contribution in [0.3, 0.4) is 0 Å². The number of alkyl halides is 1. The van der Waals surface area contributed by atoms with E-state index in [4.69, 9.17) is 9.47 Å². The predicted octanol–water partition coefficient (Wildman–Crippen LogP) is 4.86. The second kappa shape index (κ2) is 17.1. The quantitative estimate of drug-likeness (QED) is 0.0903. The molecule has 3 saturated heterocycles. The van der Waals surface area contributed by atoms with Crippen LogP contribution in [0.2, 0.25) is 0 Å². The molecule has 11 heteroatoms. The van der Waals surface area contributed by atoms with Gasteiger partial charge in [0.15, 0.2) is 0 Å². The molecular formula is C37H52BrN3O7. The van der Waals surface area contributed by atoms with Crippen molar-refractivity contribution in [3.05, 3.63) is 61.2 Å². The Morgan fingerprint density at radius 3 is 2.56 bits per heavy atom. The Kier molecular flexibility index (Phi) is 13.4. The van der Waals surface area contributed by atoms with Gasteiger partial charge >= 0.3 is 5.97 Å². The van der Waals surface area contributed by atoms with E-state index in [9.17, 15) is 24.3 Å². The van der Waals surface area contributed by atoms with Gasteiger partial charge < -0.3 is 29.7 Å². The van der Waals surface area contributed by atoms with Gasteiger partial charge in [-0.15, -0.1) is 13.2 Å². The first-order valence-electron chi connectivity index (χ1n) is 17.4. The fourth-order valence-electron chi connectivity index (χ4n) is 7.79. The summed E-state index contributed by atoms with van der Waals surface area (Å²) in [6, 6.07) is 7.65. The Labute approximate surface area is 293 Å². The van der Waals surface area contributed by atoms with Crippen LogP contribution in [0.5, 0.6) is 0 Å². The largest absolute Gasteiger partial charge is 0.455 e. The number of aliphatic hydroxyl groups excluding tert-OH is 1. The summed E-state index contributed by atoms with van der Waals surface area (Å²) in [5, 5.41) is 12.3. The number of allylic oxidation sites excluding steroid dienone is 1. The molecule has 0 aromatic heterocycles. The van der Waals surface area contributed by atoms with Gasteiger partial charge in [0.2, 0.25) is 17.7 Å². The summed E-state index contributed by atoms with van der Waals surface area (Å²) >= 11 is 3.75. The van der Waals surface area contributed by atoms with E-state index in [1.807, 2.05) is 37.3 Å². The third-order valence-corrected chi connectivity index (χ3v) is 10.8. The highest BCUT2D eigenvalue weighted by Crippen LogP contribution is 2.60. The highest BCUT2D eigenvalue weighted by molar-refractivity contribution is 9.09. The first-order valence-corrected chi connectivity index (χ1v) is 18.3. The topological polar surface area (TPSA) is 125 Å². The molecule has 2 unspecified atom stereocenters. The Morgan fingerprint density at radius 1 is 1.19 bits per heavy atom. The van der Waals surface area contributed by atoms with Gasteiger partial charge in [-0.25, -0.2) is 0 Å². The second-order valence-electron chi connectivity index (χ2n) is 13.3. The zero-order valence-electron chi connectivity index (χ0n) is 28.5. The third-order valence-electron chi connectivity index (χ3n) is 9.99. The molecule has 48 heavy (non-hydrogen) atoms. The molecular weight excluding hydrogens is 678 g/mol. The van der Waals surface area contributed by atoms with Crippen molar-refractivity contribution >= 4 is 39.6 Å². The lowest BCUT2D eigenvalue weighted by Crippen LogP contribution is -2.58. The minimum atomic E-state index is -1.22. The predicted molar refractivity (Wildman–Crippen MR) is 187 cm³/mol. The van der Waals surface area contributed by atoms with Gasteiger partial charge in [0, 0.05) is 37.0 Å². The molecule has 1 aromatic rings. The van der Waals surface area contributed by atoms with E-state index in [-0.39, 0.29) is 41.6 Å². The van der Waals surface area contributed by atoms with Gasteiger partial charge in [0.25, 0.3) is 0 Å². The maximum absolute atomic E-state index is 14.6. The molecule has 0 saturated carbocycles. The number of fused-ring (bicyclic) bond motifs is 1. The summed E-state index contributed by atoms with van der Waals surface area (Å²) in [7, 11) is 0. The van der Waals surface area contributed by atoms with E-state index in [0.29, 0.717) is 50.8 Å². The van der Waals surface area contributed by atoms with Gasteiger partial charge in [0.05, 0.1) is 24.0 Å². The highest BCUT2D eigenvalue weighted by Gasteiger charge is 2.77. The molecule has 0 aliphatic carbocycles. The molecule has 3 amide bonds. The molecule has 1 aromatic carbocycles. The fourth-order valence-corrected chi connectivity index (χ4v) is 8.73. The van der Waals surface area contributed by atoms with Crippen LogP contribution >= 0.6 is 15.9 Å². The molecule has 2 N–H and O–H groups in total. The average Bonchev–Trinajstić information content (AvgIpc) is 3.66. The molecule has 2 bridgehead atoms. The van der Waals surface area contributed by atoms with Crippen molar-refractivity contribution in [3.8, 4) is 0 Å². The molecule has 4 rings (SSSR count). The molecule has 264 valence electrons. The number of halogens is 1. The number of rotatable bonds is 19. The van der Waals surface area contributed by atoms with Gasteiger partial charge in [0.1, 0.15) is 17.7 Å².